The number of benzene rings is 3. The van der Waals surface area contributed by atoms with Crippen molar-refractivity contribution in [2.45, 2.75) is 12.8 Å². The summed E-state index contributed by atoms with van der Waals surface area (Å²) in [6.45, 7) is 0. The molecule has 0 radical (unpaired) electrons. The van der Waals surface area contributed by atoms with Gasteiger partial charge < -0.3 is 4.57 Å². The van der Waals surface area contributed by atoms with Crippen LogP contribution in [0.4, 0.5) is 0 Å². The molecule has 1 nitrogen and oxygen atoms in total. The average Bonchev–Trinajstić information content (AvgIpc) is 2.94. The molecule has 5 rings (SSSR count). The summed E-state index contributed by atoms with van der Waals surface area (Å²) >= 11 is 0. The lowest BCUT2D eigenvalue weighted by atomic mass is 10.1. The van der Waals surface area contributed by atoms with Gasteiger partial charge in [0.2, 0.25) is 0 Å². The van der Waals surface area contributed by atoms with Crippen LogP contribution in [0.2, 0.25) is 0 Å². The molecule has 1 heteroatoms. The van der Waals surface area contributed by atoms with Gasteiger partial charge in [0.15, 0.2) is 0 Å². The maximum absolute atomic E-state index is 2.41. The number of hydrogen-bond acceptors (Lipinski definition) is 0. The van der Waals surface area contributed by atoms with Crippen molar-refractivity contribution in [1.82, 2.24) is 4.57 Å². The third-order valence-corrected chi connectivity index (χ3v) is 4.77. The summed E-state index contributed by atoms with van der Waals surface area (Å²) in [7, 11) is 0. The molecule has 0 saturated heterocycles. The van der Waals surface area contributed by atoms with Crippen molar-refractivity contribution in [3.05, 3.63) is 78.9 Å². The molecular weight excluding hydrogens is 278 g/mol. The quantitative estimate of drug-likeness (QED) is 0.397. The smallest absolute Gasteiger partial charge is 0.0547 e. The Morgan fingerprint density at radius 2 is 1.48 bits per heavy atom. The van der Waals surface area contributed by atoms with E-state index < -0.39 is 0 Å². The van der Waals surface area contributed by atoms with Crippen LogP contribution in [-0.2, 0) is 0 Å². The average molecular weight is 295 g/mol. The number of para-hydroxylation sites is 1. The molecule has 0 spiro atoms. The van der Waals surface area contributed by atoms with Crippen molar-refractivity contribution >= 4 is 38.3 Å². The third-order valence-electron chi connectivity index (χ3n) is 4.77. The lowest BCUT2D eigenvalue weighted by Crippen LogP contribution is -1.96. The molecule has 0 atom stereocenters. The van der Waals surface area contributed by atoms with Crippen LogP contribution in [0, 0.1) is 0 Å². The Morgan fingerprint density at radius 1 is 0.696 bits per heavy atom. The Balaban J connectivity index is 1.98. The van der Waals surface area contributed by atoms with E-state index in [-0.39, 0.29) is 0 Å². The van der Waals surface area contributed by atoms with Gasteiger partial charge in [-0.1, -0.05) is 54.6 Å². The summed E-state index contributed by atoms with van der Waals surface area (Å²) in [5.41, 5.74) is 3.87. The third kappa shape index (κ3) is 1.86. The molecule has 0 aliphatic heterocycles. The molecule has 110 valence electrons. The van der Waals surface area contributed by atoms with E-state index in [9.17, 15) is 0 Å². The van der Waals surface area contributed by atoms with Crippen LogP contribution in [0.15, 0.2) is 78.9 Å². The second-order valence-electron chi connectivity index (χ2n) is 6.18. The summed E-state index contributed by atoms with van der Waals surface area (Å²) in [6, 6.07) is 22.0. The Hall–Kier alpha value is -2.80. The minimum absolute atomic E-state index is 1.12. The highest BCUT2D eigenvalue weighted by atomic mass is 15.0. The first-order chi connectivity index (χ1) is 11.4. The van der Waals surface area contributed by atoms with Crippen LogP contribution >= 0.6 is 0 Å². The zero-order chi connectivity index (χ0) is 15.2. The van der Waals surface area contributed by atoms with Crippen molar-refractivity contribution in [3.63, 3.8) is 0 Å². The summed E-state index contributed by atoms with van der Waals surface area (Å²) in [6.07, 6.45) is 9.14. The minimum Gasteiger partial charge on any atom is -0.310 e. The summed E-state index contributed by atoms with van der Waals surface area (Å²) in [5.74, 6) is 0. The number of fused-ring (bicyclic) bond motifs is 4. The first kappa shape index (κ1) is 12.7. The SMILES string of the molecule is C1=CC(n2c3ccccc3c3cc4ccccc4cc32)=CCC1. The summed E-state index contributed by atoms with van der Waals surface area (Å²) < 4.78 is 2.41. The van der Waals surface area contributed by atoms with Crippen LogP contribution in [0.5, 0.6) is 0 Å². The van der Waals surface area contributed by atoms with E-state index in [0.29, 0.717) is 0 Å². The first-order valence-electron chi connectivity index (χ1n) is 8.21. The number of rotatable bonds is 1. The van der Waals surface area contributed by atoms with Gasteiger partial charge in [0.1, 0.15) is 0 Å². The lowest BCUT2D eigenvalue weighted by molar-refractivity contribution is 1.02. The van der Waals surface area contributed by atoms with Gasteiger partial charge in [0.25, 0.3) is 0 Å². The highest BCUT2D eigenvalue weighted by molar-refractivity contribution is 6.14. The van der Waals surface area contributed by atoms with Crippen molar-refractivity contribution in [3.8, 4) is 0 Å². The topological polar surface area (TPSA) is 4.93 Å². The van der Waals surface area contributed by atoms with E-state index >= 15 is 0 Å². The molecule has 0 unspecified atom stereocenters. The van der Waals surface area contributed by atoms with Gasteiger partial charge in [-0.15, -0.1) is 0 Å². The fourth-order valence-corrected chi connectivity index (χ4v) is 3.70. The molecule has 0 amide bonds. The van der Waals surface area contributed by atoms with Crippen molar-refractivity contribution < 1.29 is 0 Å². The van der Waals surface area contributed by atoms with Crippen molar-refractivity contribution in [2.24, 2.45) is 0 Å². The molecule has 0 saturated carbocycles. The molecule has 1 aliphatic carbocycles. The van der Waals surface area contributed by atoms with Gasteiger partial charge in [-0.2, -0.15) is 0 Å². The van der Waals surface area contributed by atoms with Crippen LogP contribution in [0.1, 0.15) is 12.8 Å². The Bertz CT molecular complexity index is 1110. The Kier molecular flexibility index (Phi) is 2.68. The van der Waals surface area contributed by atoms with E-state index in [0.717, 1.165) is 12.8 Å². The molecular formula is C22H17N. The van der Waals surface area contributed by atoms with E-state index in [2.05, 4.69) is 83.5 Å². The van der Waals surface area contributed by atoms with Crippen LogP contribution in [-0.4, -0.2) is 4.57 Å². The molecule has 0 bridgehead atoms. The van der Waals surface area contributed by atoms with Gasteiger partial charge in [0, 0.05) is 16.5 Å². The molecule has 0 N–H and O–H groups in total. The predicted molar refractivity (Wildman–Crippen MR) is 99.6 cm³/mol. The van der Waals surface area contributed by atoms with E-state index in [1.165, 1.54) is 38.3 Å². The highest BCUT2D eigenvalue weighted by Crippen LogP contribution is 2.35. The van der Waals surface area contributed by atoms with E-state index in [1.54, 1.807) is 0 Å². The molecule has 1 aliphatic rings. The Labute approximate surface area is 135 Å². The number of nitrogens with zero attached hydrogens (tertiary/aromatic N) is 1. The summed E-state index contributed by atoms with van der Waals surface area (Å²) in [4.78, 5) is 0. The zero-order valence-electron chi connectivity index (χ0n) is 12.9. The second-order valence-corrected chi connectivity index (χ2v) is 6.18. The largest absolute Gasteiger partial charge is 0.310 e. The number of aromatic nitrogens is 1. The van der Waals surface area contributed by atoms with E-state index in [4.69, 9.17) is 0 Å². The van der Waals surface area contributed by atoms with Crippen molar-refractivity contribution in [2.75, 3.05) is 0 Å². The maximum atomic E-state index is 2.41. The first-order valence-corrected chi connectivity index (χ1v) is 8.21. The minimum atomic E-state index is 1.12. The van der Waals surface area contributed by atoms with Crippen LogP contribution in [0.3, 0.4) is 0 Å². The van der Waals surface area contributed by atoms with E-state index in [1.807, 2.05) is 0 Å². The van der Waals surface area contributed by atoms with Gasteiger partial charge in [-0.25, -0.2) is 0 Å². The summed E-state index contributed by atoms with van der Waals surface area (Å²) in [5, 5.41) is 5.26. The molecule has 4 aromatic rings. The van der Waals surface area contributed by atoms with Crippen molar-refractivity contribution in [1.29, 1.82) is 0 Å². The van der Waals surface area contributed by atoms with Crippen LogP contribution < -0.4 is 0 Å². The zero-order valence-corrected chi connectivity index (χ0v) is 12.9. The fourth-order valence-electron chi connectivity index (χ4n) is 3.70. The van der Waals surface area contributed by atoms with Gasteiger partial charge in [0.05, 0.1) is 11.0 Å². The predicted octanol–water partition coefficient (Wildman–Crippen LogP) is 6.14. The standard InChI is InChI=1S/C22H17N/c1-2-10-18(11-3-1)23-21-13-7-6-12-19(21)20-14-16-8-4-5-9-17(16)15-22(20)23/h2,4-15H,1,3H2. The number of hydrogen-bond donors (Lipinski definition) is 0. The van der Waals surface area contributed by atoms with Gasteiger partial charge in [-0.05, 0) is 47.9 Å². The lowest BCUT2D eigenvalue weighted by Gasteiger charge is -2.12. The highest BCUT2D eigenvalue weighted by Gasteiger charge is 2.13. The maximum Gasteiger partial charge on any atom is 0.0547 e. The second kappa shape index (κ2) is 4.85. The molecule has 23 heavy (non-hydrogen) atoms. The fraction of sp³-hybridized carbons (Fsp3) is 0.0909. The Morgan fingerprint density at radius 3 is 2.30 bits per heavy atom. The normalized spacial score (nSPS) is 14.7. The molecule has 0 fully saturated rings. The van der Waals surface area contributed by atoms with Crippen LogP contribution in [0.25, 0.3) is 38.3 Å². The van der Waals surface area contributed by atoms with Gasteiger partial charge >= 0.3 is 0 Å². The monoisotopic (exact) mass is 295 g/mol. The number of allylic oxidation sites excluding steroid dienone is 4. The molecule has 1 heterocycles. The van der Waals surface area contributed by atoms with Gasteiger partial charge in [-0.3, -0.25) is 0 Å². The molecule has 1 aromatic heterocycles. The molecule has 3 aromatic carbocycles.